The molecular weight excluding hydrogens is 354 g/mol. The van der Waals surface area contributed by atoms with Crippen LogP contribution in [-0.4, -0.2) is 48.6 Å². The Balaban J connectivity index is 1.69. The molecule has 0 saturated carbocycles. The first-order valence-corrected chi connectivity index (χ1v) is 10.1. The Morgan fingerprint density at radius 2 is 2.12 bits per heavy atom. The zero-order valence-electron chi connectivity index (χ0n) is 14.0. The fourth-order valence-electron chi connectivity index (χ4n) is 3.29. The Morgan fingerprint density at radius 1 is 1.32 bits per heavy atom. The van der Waals surface area contributed by atoms with Gasteiger partial charge >= 0.3 is 0 Å². The predicted molar refractivity (Wildman–Crippen MR) is 102 cm³/mol. The molecule has 7 heteroatoms. The minimum absolute atomic E-state index is 0.0300. The van der Waals surface area contributed by atoms with Gasteiger partial charge < -0.3 is 4.90 Å². The van der Waals surface area contributed by atoms with E-state index in [1.807, 2.05) is 29.3 Å². The third-order valence-corrected chi connectivity index (χ3v) is 6.47. The van der Waals surface area contributed by atoms with Crippen LogP contribution in [0.4, 0.5) is 5.00 Å². The third kappa shape index (κ3) is 3.14. The van der Waals surface area contributed by atoms with Crippen LogP contribution < -0.4 is 4.90 Å². The summed E-state index contributed by atoms with van der Waals surface area (Å²) in [6, 6.07) is 6.09. The van der Waals surface area contributed by atoms with E-state index < -0.39 is 0 Å². The third-order valence-electron chi connectivity index (χ3n) is 4.52. The molecule has 0 atom stereocenters. The van der Waals surface area contributed by atoms with Gasteiger partial charge in [0, 0.05) is 23.5 Å². The number of thiophene rings is 2. The first-order chi connectivity index (χ1) is 12.1. The van der Waals surface area contributed by atoms with Crippen molar-refractivity contribution in [3.8, 4) is 0 Å². The SMILES string of the molecule is Cc1cc2c(s1)N(CC(=O)N1CCCC1)C(=O)CN=C2c1cccs1. The Labute approximate surface area is 154 Å². The number of fused-ring (bicyclic) bond motifs is 1. The van der Waals surface area contributed by atoms with E-state index in [2.05, 4.69) is 11.1 Å². The summed E-state index contributed by atoms with van der Waals surface area (Å²) in [6.07, 6.45) is 2.10. The van der Waals surface area contributed by atoms with Crippen molar-refractivity contribution >= 4 is 45.2 Å². The Morgan fingerprint density at radius 3 is 2.84 bits per heavy atom. The highest BCUT2D eigenvalue weighted by Crippen LogP contribution is 2.36. The molecule has 2 amide bonds. The lowest BCUT2D eigenvalue weighted by Crippen LogP contribution is -2.42. The van der Waals surface area contributed by atoms with Crippen molar-refractivity contribution < 1.29 is 9.59 Å². The molecule has 130 valence electrons. The van der Waals surface area contributed by atoms with E-state index in [-0.39, 0.29) is 24.9 Å². The van der Waals surface area contributed by atoms with Crippen LogP contribution in [0.15, 0.2) is 28.6 Å². The quantitative estimate of drug-likeness (QED) is 0.831. The van der Waals surface area contributed by atoms with E-state index in [9.17, 15) is 9.59 Å². The Hall–Kier alpha value is -1.99. The van der Waals surface area contributed by atoms with Crippen molar-refractivity contribution in [2.45, 2.75) is 19.8 Å². The summed E-state index contributed by atoms with van der Waals surface area (Å²) in [6.45, 7) is 3.82. The largest absolute Gasteiger partial charge is 0.341 e. The first kappa shape index (κ1) is 16.5. The lowest BCUT2D eigenvalue weighted by atomic mass is 10.1. The van der Waals surface area contributed by atoms with Crippen LogP contribution in [-0.2, 0) is 9.59 Å². The van der Waals surface area contributed by atoms with Gasteiger partial charge in [-0.05, 0) is 37.3 Å². The van der Waals surface area contributed by atoms with Crippen molar-refractivity contribution in [3.05, 3.63) is 38.9 Å². The van der Waals surface area contributed by atoms with E-state index in [1.54, 1.807) is 27.6 Å². The van der Waals surface area contributed by atoms with Gasteiger partial charge in [-0.25, -0.2) is 0 Å². The number of aliphatic imine (C=N–C) groups is 1. The molecule has 0 unspecified atom stereocenters. The van der Waals surface area contributed by atoms with Crippen LogP contribution in [0.5, 0.6) is 0 Å². The Bertz CT molecular complexity index is 833. The molecule has 2 aromatic rings. The molecule has 2 aliphatic heterocycles. The van der Waals surface area contributed by atoms with Gasteiger partial charge in [0.15, 0.2) is 0 Å². The summed E-state index contributed by atoms with van der Waals surface area (Å²) in [4.78, 5) is 35.5. The highest BCUT2D eigenvalue weighted by atomic mass is 32.1. The van der Waals surface area contributed by atoms with Crippen LogP contribution >= 0.6 is 22.7 Å². The molecule has 1 saturated heterocycles. The number of rotatable bonds is 3. The summed E-state index contributed by atoms with van der Waals surface area (Å²) < 4.78 is 0. The van der Waals surface area contributed by atoms with Crippen LogP contribution in [0.2, 0.25) is 0 Å². The molecular formula is C18H19N3O2S2. The number of anilines is 1. The molecule has 4 heterocycles. The maximum absolute atomic E-state index is 12.7. The number of carbonyl (C=O) groups is 2. The molecule has 0 radical (unpaired) electrons. The van der Waals surface area contributed by atoms with Crippen LogP contribution in [0.1, 0.15) is 28.2 Å². The zero-order valence-corrected chi connectivity index (χ0v) is 15.7. The average molecular weight is 374 g/mol. The smallest absolute Gasteiger partial charge is 0.249 e. The van der Waals surface area contributed by atoms with Gasteiger partial charge in [-0.3, -0.25) is 19.5 Å². The van der Waals surface area contributed by atoms with Crippen LogP contribution in [0.25, 0.3) is 0 Å². The second kappa shape index (κ2) is 6.72. The lowest BCUT2D eigenvalue weighted by molar-refractivity contribution is -0.130. The summed E-state index contributed by atoms with van der Waals surface area (Å²) in [5.74, 6) is -0.0790. The van der Waals surface area contributed by atoms with Gasteiger partial charge in [-0.1, -0.05) is 6.07 Å². The molecule has 25 heavy (non-hydrogen) atoms. The van der Waals surface area contributed by atoms with E-state index in [1.165, 1.54) is 0 Å². The van der Waals surface area contributed by atoms with E-state index in [0.29, 0.717) is 0 Å². The van der Waals surface area contributed by atoms with Crippen LogP contribution in [0, 0.1) is 6.92 Å². The standard InChI is InChI=1S/C18H19N3O2S2/c1-12-9-13-17(14-5-4-8-24-14)19-10-15(22)21(18(13)25-12)11-16(23)20-6-2-3-7-20/h4-5,8-9H,2-3,6-7,10-11H2,1H3. The topological polar surface area (TPSA) is 53.0 Å². The van der Waals surface area contributed by atoms with Gasteiger partial charge in [-0.2, -0.15) is 0 Å². The monoisotopic (exact) mass is 373 g/mol. The van der Waals surface area contributed by atoms with E-state index >= 15 is 0 Å². The molecule has 1 fully saturated rings. The summed E-state index contributed by atoms with van der Waals surface area (Å²) in [5, 5.41) is 2.86. The predicted octanol–water partition coefficient (Wildman–Crippen LogP) is 2.92. The van der Waals surface area contributed by atoms with Gasteiger partial charge in [0.25, 0.3) is 0 Å². The average Bonchev–Trinajstić information content (AvgIpc) is 3.33. The fraction of sp³-hybridized carbons (Fsp3) is 0.389. The number of hydrogen-bond acceptors (Lipinski definition) is 5. The minimum atomic E-state index is -0.109. The molecule has 0 spiro atoms. The number of hydrogen-bond donors (Lipinski definition) is 0. The second-order valence-electron chi connectivity index (χ2n) is 6.29. The molecule has 0 aromatic carbocycles. The second-order valence-corrected chi connectivity index (χ2v) is 8.47. The molecule has 0 N–H and O–H groups in total. The van der Waals surface area contributed by atoms with Crippen LogP contribution in [0.3, 0.4) is 0 Å². The van der Waals surface area contributed by atoms with Crippen molar-refractivity contribution in [2.75, 3.05) is 31.1 Å². The Kier molecular flexibility index (Phi) is 4.43. The first-order valence-electron chi connectivity index (χ1n) is 8.41. The molecule has 2 aliphatic rings. The molecule has 0 aliphatic carbocycles. The maximum atomic E-state index is 12.7. The van der Waals surface area contributed by atoms with Crippen molar-refractivity contribution in [2.24, 2.45) is 4.99 Å². The summed E-state index contributed by atoms with van der Waals surface area (Å²) in [7, 11) is 0. The molecule has 0 bridgehead atoms. The molecule has 2 aromatic heterocycles. The lowest BCUT2D eigenvalue weighted by Gasteiger charge is -2.23. The molecule has 4 rings (SSSR count). The van der Waals surface area contributed by atoms with E-state index in [4.69, 9.17) is 0 Å². The maximum Gasteiger partial charge on any atom is 0.249 e. The highest BCUT2D eigenvalue weighted by Gasteiger charge is 2.30. The van der Waals surface area contributed by atoms with Gasteiger partial charge in [0.05, 0.1) is 10.6 Å². The van der Waals surface area contributed by atoms with Gasteiger partial charge in [0.1, 0.15) is 18.1 Å². The van der Waals surface area contributed by atoms with Crippen molar-refractivity contribution in [1.29, 1.82) is 0 Å². The summed E-state index contributed by atoms with van der Waals surface area (Å²) in [5.41, 5.74) is 1.82. The number of amides is 2. The number of carbonyl (C=O) groups excluding carboxylic acids is 2. The molecule has 5 nitrogen and oxygen atoms in total. The number of nitrogens with zero attached hydrogens (tertiary/aromatic N) is 3. The van der Waals surface area contributed by atoms with Crippen molar-refractivity contribution in [3.63, 3.8) is 0 Å². The normalized spacial score (nSPS) is 17.5. The fourth-order valence-corrected chi connectivity index (χ4v) is 5.06. The number of aryl methyl sites for hydroxylation is 1. The highest BCUT2D eigenvalue weighted by molar-refractivity contribution is 7.17. The summed E-state index contributed by atoms with van der Waals surface area (Å²) >= 11 is 3.18. The van der Waals surface area contributed by atoms with Gasteiger partial charge in [-0.15, -0.1) is 22.7 Å². The zero-order chi connectivity index (χ0) is 17.4. The van der Waals surface area contributed by atoms with E-state index in [0.717, 1.165) is 52.0 Å². The van der Waals surface area contributed by atoms with Crippen molar-refractivity contribution in [1.82, 2.24) is 4.90 Å². The van der Waals surface area contributed by atoms with Gasteiger partial charge in [0.2, 0.25) is 11.8 Å². The number of likely N-dealkylation sites (tertiary alicyclic amines) is 1. The minimum Gasteiger partial charge on any atom is -0.341 e.